The molecule has 1 aromatic heterocycles. The highest BCUT2D eigenvalue weighted by molar-refractivity contribution is 5.93. The van der Waals surface area contributed by atoms with Crippen molar-refractivity contribution in [2.45, 2.75) is 32.3 Å². The van der Waals surface area contributed by atoms with E-state index in [2.05, 4.69) is 21.6 Å². The number of nitrogens with one attached hydrogen (secondary N) is 2. The molecule has 0 spiro atoms. The van der Waals surface area contributed by atoms with E-state index in [4.69, 9.17) is 9.15 Å². The van der Waals surface area contributed by atoms with Crippen molar-refractivity contribution in [2.24, 2.45) is 0 Å². The number of hydrogen-bond donors (Lipinski definition) is 2. The van der Waals surface area contributed by atoms with E-state index in [0.717, 1.165) is 36.6 Å². The van der Waals surface area contributed by atoms with Gasteiger partial charge in [-0.15, -0.1) is 0 Å². The van der Waals surface area contributed by atoms with Crippen molar-refractivity contribution in [2.75, 3.05) is 36.5 Å². The fraction of sp³-hybridized carbons (Fsp3) is 0.450. The lowest BCUT2D eigenvalue weighted by atomic mass is 10.1. The van der Waals surface area contributed by atoms with Crippen molar-refractivity contribution in [1.29, 1.82) is 0 Å². The predicted molar refractivity (Wildman–Crippen MR) is 103 cm³/mol. The Kier molecular flexibility index (Phi) is 6.96. The largest absolute Gasteiger partial charge is 0.467 e. The number of anilines is 2. The zero-order valence-corrected chi connectivity index (χ0v) is 15.1. The summed E-state index contributed by atoms with van der Waals surface area (Å²) in [5.74, 6) is 0.810. The quantitative estimate of drug-likeness (QED) is 0.701. The summed E-state index contributed by atoms with van der Waals surface area (Å²) in [6, 6.07) is 11.5. The van der Waals surface area contributed by atoms with E-state index in [0.29, 0.717) is 19.8 Å². The van der Waals surface area contributed by atoms with Crippen molar-refractivity contribution >= 4 is 17.4 Å². The second-order valence-electron chi connectivity index (χ2n) is 6.43. The molecule has 2 aromatic rings. The maximum atomic E-state index is 12.2. The molecule has 0 radical (unpaired) electrons. The zero-order valence-electron chi connectivity index (χ0n) is 15.1. The Labute approximate surface area is 154 Å². The average molecular weight is 357 g/mol. The number of furan rings is 1. The molecule has 3 rings (SSSR count). The summed E-state index contributed by atoms with van der Waals surface area (Å²) in [7, 11) is 0. The molecule has 1 fully saturated rings. The molecule has 2 heterocycles. The molecule has 0 bridgehead atoms. The molecular weight excluding hydrogens is 330 g/mol. The third-order valence-electron chi connectivity index (χ3n) is 4.42. The van der Waals surface area contributed by atoms with Gasteiger partial charge in [0.15, 0.2) is 0 Å². The minimum Gasteiger partial charge on any atom is -0.467 e. The Bertz CT molecular complexity index is 667. The highest BCUT2D eigenvalue weighted by Gasteiger charge is 2.15. The first-order valence-corrected chi connectivity index (χ1v) is 9.32. The Hall–Kier alpha value is -2.47. The number of hydrogen-bond acceptors (Lipinski definition) is 4. The predicted octanol–water partition coefficient (Wildman–Crippen LogP) is 4.00. The molecule has 2 amide bonds. The molecule has 140 valence electrons. The number of nitrogens with zero attached hydrogens (tertiary/aromatic N) is 1. The highest BCUT2D eigenvalue weighted by Crippen LogP contribution is 2.28. The summed E-state index contributed by atoms with van der Waals surface area (Å²) in [5, 5.41) is 5.86. The number of urea groups is 1. The van der Waals surface area contributed by atoms with Gasteiger partial charge in [-0.1, -0.05) is 12.1 Å². The molecule has 0 saturated carbocycles. The van der Waals surface area contributed by atoms with Crippen LogP contribution in [-0.2, 0) is 11.3 Å². The van der Waals surface area contributed by atoms with Gasteiger partial charge in [0.05, 0.1) is 17.6 Å². The van der Waals surface area contributed by atoms with Crippen LogP contribution in [0.3, 0.4) is 0 Å². The number of carbonyl (C=O) groups excluding carboxylic acids is 1. The number of ether oxygens (including phenoxy) is 1. The molecule has 0 unspecified atom stereocenters. The minimum absolute atomic E-state index is 0.180. The standard InChI is InChI=1S/C20H27N3O3/c24-20(21-11-7-14-25-16-17-8-6-15-26-17)22-18-9-2-3-10-19(18)23-12-4-1-5-13-23/h2-3,6,8-10,15H,1,4-5,7,11-14,16H2,(H2,21,22,24). The lowest BCUT2D eigenvalue weighted by Gasteiger charge is -2.30. The van der Waals surface area contributed by atoms with E-state index >= 15 is 0 Å². The van der Waals surface area contributed by atoms with Crippen molar-refractivity contribution in [3.63, 3.8) is 0 Å². The Morgan fingerprint density at radius 3 is 2.77 bits per heavy atom. The Morgan fingerprint density at radius 2 is 1.96 bits per heavy atom. The topological polar surface area (TPSA) is 66.7 Å². The summed E-state index contributed by atoms with van der Waals surface area (Å²) in [6.07, 6.45) is 6.08. The monoisotopic (exact) mass is 357 g/mol. The van der Waals surface area contributed by atoms with Crippen molar-refractivity contribution in [3.05, 3.63) is 48.4 Å². The van der Waals surface area contributed by atoms with Crippen LogP contribution in [0.25, 0.3) is 0 Å². The van der Waals surface area contributed by atoms with Gasteiger partial charge in [-0.3, -0.25) is 0 Å². The van der Waals surface area contributed by atoms with Crippen LogP contribution in [0, 0.1) is 0 Å². The maximum absolute atomic E-state index is 12.2. The number of rotatable bonds is 8. The van der Waals surface area contributed by atoms with Gasteiger partial charge in [-0.25, -0.2) is 4.79 Å². The van der Waals surface area contributed by atoms with Gasteiger partial charge < -0.3 is 24.7 Å². The number of carbonyl (C=O) groups is 1. The molecule has 0 atom stereocenters. The normalized spacial score (nSPS) is 14.2. The first-order chi connectivity index (χ1) is 12.8. The second kappa shape index (κ2) is 9.87. The van der Waals surface area contributed by atoms with Gasteiger partial charge in [0.2, 0.25) is 0 Å². The second-order valence-corrected chi connectivity index (χ2v) is 6.43. The molecule has 6 nitrogen and oxygen atoms in total. The molecule has 1 aromatic carbocycles. The van der Waals surface area contributed by atoms with Crippen LogP contribution in [-0.4, -0.2) is 32.3 Å². The zero-order chi connectivity index (χ0) is 18.0. The fourth-order valence-corrected chi connectivity index (χ4v) is 3.10. The number of piperidine rings is 1. The van der Waals surface area contributed by atoms with Gasteiger partial charge in [0, 0.05) is 26.2 Å². The van der Waals surface area contributed by atoms with Crippen LogP contribution in [0.2, 0.25) is 0 Å². The first-order valence-electron chi connectivity index (χ1n) is 9.32. The lowest BCUT2D eigenvalue weighted by Crippen LogP contribution is -2.33. The van der Waals surface area contributed by atoms with Crippen LogP contribution >= 0.6 is 0 Å². The van der Waals surface area contributed by atoms with Crippen LogP contribution in [0.1, 0.15) is 31.4 Å². The van der Waals surface area contributed by atoms with E-state index in [-0.39, 0.29) is 6.03 Å². The summed E-state index contributed by atoms with van der Waals surface area (Å²) >= 11 is 0. The van der Waals surface area contributed by atoms with Gasteiger partial charge in [-0.2, -0.15) is 0 Å². The average Bonchev–Trinajstić information content (AvgIpc) is 3.19. The summed E-state index contributed by atoms with van der Waals surface area (Å²) in [4.78, 5) is 14.5. The molecule has 6 heteroatoms. The van der Waals surface area contributed by atoms with Gasteiger partial charge in [0.1, 0.15) is 12.4 Å². The number of benzene rings is 1. The van der Waals surface area contributed by atoms with E-state index in [1.54, 1.807) is 6.26 Å². The van der Waals surface area contributed by atoms with Crippen LogP contribution < -0.4 is 15.5 Å². The van der Waals surface area contributed by atoms with Gasteiger partial charge in [-0.05, 0) is 49.9 Å². The molecule has 2 N–H and O–H groups in total. The van der Waals surface area contributed by atoms with E-state index in [9.17, 15) is 4.79 Å². The molecule has 26 heavy (non-hydrogen) atoms. The molecule has 1 saturated heterocycles. The summed E-state index contributed by atoms with van der Waals surface area (Å²) in [6.45, 7) is 3.70. The minimum atomic E-state index is -0.180. The number of amides is 2. The molecule has 1 aliphatic heterocycles. The third kappa shape index (κ3) is 5.52. The Balaban J connectivity index is 1.38. The summed E-state index contributed by atoms with van der Waals surface area (Å²) < 4.78 is 10.7. The fourth-order valence-electron chi connectivity index (χ4n) is 3.10. The summed E-state index contributed by atoms with van der Waals surface area (Å²) in [5.41, 5.74) is 1.96. The molecule has 0 aliphatic carbocycles. The van der Waals surface area contributed by atoms with Crippen molar-refractivity contribution in [1.82, 2.24) is 5.32 Å². The maximum Gasteiger partial charge on any atom is 0.319 e. The van der Waals surface area contributed by atoms with Crippen LogP contribution in [0.5, 0.6) is 0 Å². The van der Waals surface area contributed by atoms with E-state index in [1.807, 2.05) is 30.3 Å². The Morgan fingerprint density at radius 1 is 1.12 bits per heavy atom. The number of para-hydroxylation sites is 2. The highest BCUT2D eigenvalue weighted by atomic mass is 16.5. The van der Waals surface area contributed by atoms with Gasteiger partial charge in [0.25, 0.3) is 0 Å². The lowest BCUT2D eigenvalue weighted by molar-refractivity contribution is 0.104. The van der Waals surface area contributed by atoms with E-state index < -0.39 is 0 Å². The molecule has 1 aliphatic rings. The van der Waals surface area contributed by atoms with Gasteiger partial charge >= 0.3 is 6.03 Å². The van der Waals surface area contributed by atoms with Crippen molar-refractivity contribution < 1.29 is 13.9 Å². The van der Waals surface area contributed by atoms with E-state index in [1.165, 1.54) is 19.3 Å². The SMILES string of the molecule is O=C(NCCCOCc1ccco1)Nc1ccccc1N1CCCCC1. The first kappa shape index (κ1) is 18.3. The van der Waals surface area contributed by atoms with Crippen LogP contribution in [0.4, 0.5) is 16.2 Å². The van der Waals surface area contributed by atoms with Crippen LogP contribution in [0.15, 0.2) is 47.1 Å². The third-order valence-corrected chi connectivity index (χ3v) is 4.42. The molecular formula is C20H27N3O3. The smallest absolute Gasteiger partial charge is 0.319 e. The van der Waals surface area contributed by atoms with Crippen molar-refractivity contribution in [3.8, 4) is 0 Å².